The molecule has 0 bridgehead atoms. The number of hydrogen-bond acceptors (Lipinski definition) is 6. The summed E-state index contributed by atoms with van der Waals surface area (Å²) in [4.78, 5) is 11.8. The van der Waals surface area contributed by atoms with Crippen LogP contribution in [0.4, 0.5) is 0 Å². The Morgan fingerprint density at radius 1 is 1.10 bits per heavy atom. The predicted octanol–water partition coefficient (Wildman–Crippen LogP) is -0.508. The van der Waals surface area contributed by atoms with Crippen molar-refractivity contribution in [2.24, 2.45) is 11.8 Å². The van der Waals surface area contributed by atoms with Gasteiger partial charge in [-0.2, -0.15) is 0 Å². The molecule has 0 radical (unpaired) electrons. The number of ether oxygens (including phenoxy) is 1. The molecule has 0 saturated carbocycles. The minimum atomic E-state index is -1.43. The first-order valence-corrected chi connectivity index (χ1v) is 7.32. The molecule has 6 nitrogen and oxygen atoms in total. The van der Waals surface area contributed by atoms with Crippen LogP contribution in [-0.2, 0) is 9.53 Å². The zero-order chi connectivity index (χ0) is 15.7. The quantitative estimate of drug-likeness (QED) is 0.354. The molecule has 1 heterocycles. The molecule has 4 N–H and O–H groups in total. The molecule has 0 spiro atoms. The van der Waals surface area contributed by atoms with Crippen molar-refractivity contribution in [2.45, 2.75) is 63.1 Å². The van der Waals surface area contributed by atoms with Crippen LogP contribution in [0.15, 0.2) is 11.1 Å². The number of esters is 1. The summed E-state index contributed by atoms with van der Waals surface area (Å²) in [6, 6.07) is 0. The van der Waals surface area contributed by atoms with E-state index in [2.05, 4.69) is 0 Å². The maximum Gasteiger partial charge on any atom is 0.309 e. The average Bonchev–Trinajstić information content (AvgIpc) is 2.68. The second-order valence-corrected chi connectivity index (χ2v) is 7.09. The van der Waals surface area contributed by atoms with E-state index >= 15 is 0 Å². The van der Waals surface area contributed by atoms with Crippen LogP contribution in [0.2, 0.25) is 0 Å². The molecule has 3 rings (SSSR count). The zero-order valence-electron chi connectivity index (χ0n) is 12.4. The van der Waals surface area contributed by atoms with Crippen LogP contribution in [-0.4, -0.2) is 55.9 Å². The molecule has 1 saturated heterocycles. The van der Waals surface area contributed by atoms with E-state index in [0.717, 1.165) is 0 Å². The second kappa shape index (κ2) is 4.29. The maximum atomic E-state index is 11.8. The van der Waals surface area contributed by atoms with Gasteiger partial charge in [0.05, 0.1) is 29.3 Å². The highest BCUT2D eigenvalue weighted by Gasteiger charge is 2.58. The van der Waals surface area contributed by atoms with Gasteiger partial charge in [-0.25, -0.2) is 0 Å². The Balaban J connectivity index is 2.15. The highest BCUT2D eigenvalue weighted by atomic mass is 16.6. The van der Waals surface area contributed by atoms with E-state index in [1.807, 2.05) is 0 Å². The average molecular weight is 298 g/mol. The van der Waals surface area contributed by atoms with E-state index in [-0.39, 0.29) is 24.0 Å². The van der Waals surface area contributed by atoms with Crippen LogP contribution < -0.4 is 0 Å². The van der Waals surface area contributed by atoms with Gasteiger partial charge in [-0.1, -0.05) is 6.92 Å². The normalized spacial score (nSPS) is 53.3. The lowest BCUT2D eigenvalue weighted by Crippen LogP contribution is -2.40. The lowest BCUT2D eigenvalue weighted by Gasteiger charge is -2.30. The van der Waals surface area contributed by atoms with Gasteiger partial charge in [0.1, 0.15) is 6.10 Å². The largest absolute Gasteiger partial charge is 0.462 e. The van der Waals surface area contributed by atoms with E-state index in [1.165, 1.54) is 13.8 Å². The monoisotopic (exact) mass is 298 g/mol. The Kier molecular flexibility index (Phi) is 3.05. The first-order chi connectivity index (χ1) is 9.56. The molecule has 7 atom stereocenters. The van der Waals surface area contributed by atoms with Crippen molar-refractivity contribution < 1.29 is 30.0 Å². The molecule has 1 fully saturated rings. The summed E-state index contributed by atoms with van der Waals surface area (Å²) < 4.78 is 5.28. The van der Waals surface area contributed by atoms with E-state index in [0.29, 0.717) is 0 Å². The van der Waals surface area contributed by atoms with E-state index in [1.54, 1.807) is 6.92 Å². The molecule has 0 aromatic heterocycles. The fourth-order valence-electron chi connectivity index (χ4n) is 4.35. The highest BCUT2D eigenvalue weighted by Crippen LogP contribution is 2.51. The summed E-state index contributed by atoms with van der Waals surface area (Å²) >= 11 is 0. The number of rotatable bonds is 0. The first kappa shape index (κ1) is 15.0. The van der Waals surface area contributed by atoms with Gasteiger partial charge in [-0.3, -0.25) is 4.79 Å². The molecule has 21 heavy (non-hydrogen) atoms. The zero-order valence-corrected chi connectivity index (χ0v) is 12.4. The van der Waals surface area contributed by atoms with E-state index < -0.39 is 47.3 Å². The Hall–Kier alpha value is -0.950. The second-order valence-electron chi connectivity index (χ2n) is 7.09. The summed E-state index contributed by atoms with van der Waals surface area (Å²) in [5, 5.41) is 42.2. The molecule has 6 heteroatoms. The van der Waals surface area contributed by atoms with Crippen LogP contribution in [0.25, 0.3) is 0 Å². The smallest absolute Gasteiger partial charge is 0.309 e. The van der Waals surface area contributed by atoms with Gasteiger partial charge in [-0.15, -0.1) is 0 Å². The van der Waals surface area contributed by atoms with Crippen molar-refractivity contribution in [1.82, 2.24) is 0 Å². The van der Waals surface area contributed by atoms with Gasteiger partial charge >= 0.3 is 5.97 Å². The summed E-state index contributed by atoms with van der Waals surface area (Å²) in [6.45, 7) is 4.72. The Bertz CT molecular complexity index is 520. The molecular weight excluding hydrogens is 276 g/mol. The van der Waals surface area contributed by atoms with Gasteiger partial charge < -0.3 is 25.2 Å². The summed E-state index contributed by atoms with van der Waals surface area (Å²) in [5.74, 6) is -1.43. The molecule has 0 unspecified atom stereocenters. The molecule has 0 aromatic carbocycles. The van der Waals surface area contributed by atoms with Crippen LogP contribution >= 0.6 is 0 Å². The van der Waals surface area contributed by atoms with Gasteiger partial charge in [0, 0.05) is 18.8 Å². The van der Waals surface area contributed by atoms with Crippen molar-refractivity contribution in [2.75, 3.05) is 0 Å². The van der Waals surface area contributed by atoms with Gasteiger partial charge in [0.2, 0.25) is 0 Å². The van der Waals surface area contributed by atoms with Crippen LogP contribution in [0, 0.1) is 11.8 Å². The Morgan fingerprint density at radius 2 is 1.67 bits per heavy atom. The van der Waals surface area contributed by atoms with Crippen molar-refractivity contribution in [3.63, 3.8) is 0 Å². The number of aliphatic hydroxyl groups is 4. The van der Waals surface area contributed by atoms with Crippen molar-refractivity contribution >= 4 is 5.97 Å². The van der Waals surface area contributed by atoms with Crippen molar-refractivity contribution in [1.29, 1.82) is 0 Å². The standard InChI is InChI=1S/C15H22O6/c1-6-9-8(21-13(6)18)5-15(3,20)10-7(16)4-14(2,19)11(10)12(9)17/h6-9,12,16-17,19-20H,4-5H2,1-3H3/t6-,7+,8-,9-,12-,14+,15-/m1/s1. The van der Waals surface area contributed by atoms with E-state index in [4.69, 9.17) is 4.74 Å². The number of carbonyl (C=O) groups excluding carboxylic acids is 1. The van der Waals surface area contributed by atoms with Crippen LogP contribution in [0.5, 0.6) is 0 Å². The first-order valence-electron chi connectivity index (χ1n) is 7.32. The minimum Gasteiger partial charge on any atom is -0.462 e. The highest BCUT2D eigenvalue weighted by molar-refractivity contribution is 5.75. The summed E-state index contributed by atoms with van der Waals surface area (Å²) in [7, 11) is 0. The van der Waals surface area contributed by atoms with Gasteiger partial charge in [-0.05, 0) is 25.0 Å². The molecule has 3 aliphatic rings. The predicted molar refractivity (Wildman–Crippen MR) is 72.1 cm³/mol. The van der Waals surface area contributed by atoms with Crippen LogP contribution in [0.1, 0.15) is 33.6 Å². The minimum absolute atomic E-state index is 0.0332. The van der Waals surface area contributed by atoms with Crippen molar-refractivity contribution in [3.05, 3.63) is 11.1 Å². The number of aliphatic hydroxyl groups excluding tert-OH is 2. The lowest BCUT2D eigenvalue weighted by molar-refractivity contribution is -0.145. The molecule has 0 amide bonds. The molecule has 0 aromatic rings. The maximum absolute atomic E-state index is 11.8. The third-order valence-corrected chi connectivity index (χ3v) is 5.28. The SMILES string of the molecule is C[C@H]1C(=O)O[C@@H]2C[C@@](C)(O)C3=C([C@H](O)[C@@H]21)[C@@](C)(O)C[C@@H]3O. The molecule has 118 valence electrons. The topological polar surface area (TPSA) is 107 Å². The third kappa shape index (κ3) is 1.97. The number of hydrogen-bond donors (Lipinski definition) is 4. The van der Waals surface area contributed by atoms with Crippen molar-refractivity contribution in [3.8, 4) is 0 Å². The number of carbonyl (C=O) groups is 1. The Labute approximate surface area is 123 Å². The molecular formula is C15H22O6. The fraction of sp³-hybridized carbons (Fsp3) is 0.800. The lowest BCUT2D eigenvalue weighted by atomic mass is 9.80. The summed E-state index contributed by atoms with van der Waals surface area (Å²) in [5.41, 5.74) is -2.31. The number of fused-ring (bicyclic) bond motifs is 1. The Morgan fingerprint density at radius 3 is 2.29 bits per heavy atom. The third-order valence-electron chi connectivity index (χ3n) is 5.28. The fourth-order valence-corrected chi connectivity index (χ4v) is 4.35. The summed E-state index contributed by atoms with van der Waals surface area (Å²) in [6.07, 6.45) is -2.61. The molecule has 2 aliphatic carbocycles. The van der Waals surface area contributed by atoms with Crippen LogP contribution in [0.3, 0.4) is 0 Å². The van der Waals surface area contributed by atoms with Gasteiger partial charge in [0.25, 0.3) is 0 Å². The molecule has 1 aliphatic heterocycles. The van der Waals surface area contributed by atoms with Gasteiger partial charge in [0.15, 0.2) is 0 Å². The van der Waals surface area contributed by atoms with E-state index in [9.17, 15) is 25.2 Å².